The third-order valence-corrected chi connectivity index (χ3v) is 18.9. The molecule has 3 unspecified atom stereocenters. The van der Waals surface area contributed by atoms with Crippen LogP contribution in [0.1, 0.15) is 233 Å². The van der Waals surface area contributed by atoms with Crippen LogP contribution in [0.15, 0.2) is 42.5 Å². The van der Waals surface area contributed by atoms with E-state index >= 15 is 0 Å². The van der Waals surface area contributed by atoms with Crippen molar-refractivity contribution in [3.05, 3.63) is 48.0 Å². The monoisotopic (exact) mass is 1560 g/mol. The molecule has 0 spiro atoms. The summed E-state index contributed by atoms with van der Waals surface area (Å²) in [7, 11) is 0. The number of amides is 7. The second-order valence-electron chi connectivity index (χ2n) is 35.6. The number of nitrogens with one attached hydrogen (secondary N) is 7. The van der Waals surface area contributed by atoms with Gasteiger partial charge in [-0.25, -0.2) is 9.59 Å². The third-order valence-electron chi connectivity index (χ3n) is 18.9. The number of hydrogen-bond acceptors (Lipinski definition) is 20. The Morgan fingerprint density at radius 1 is 0.486 bits per heavy atom. The van der Waals surface area contributed by atoms with Gasteiger partial charge in [-0.3, -0.25) is 67.5 Å². The van der Waals surface area contributed by atoms with Gasteiger partial charge in [-0.2, -0.15) is 0 Å². The van der Waals surface area contributed by atoms with Crippen LogP contribution in [0.25, 0.3) is 10.8 Å². The van der Waals surface area contributed by atoms with Crippen LogP contribution in [0.4, 0.5) is 4.79 Å². The number of ether oxygens (including phenoxy) is 4. The maximum Gasteiger partial charge on any atom is 0.329 e. The topological polar surface area (TPSA) is 359 Å². The molecule has 111 heavy (non-hydrogen) atoms. The zero-order valence-corrected chi connectivity index (χ0v) is 70.1. The highest BCUT2D eigenvalue weighted by atomic mass is 16.6. The molecule has 1 aliphatic heterocycles. The lowest BCUT2D eigenvalue weighted by Gasteiger charge is -2.41. The van der Waals surface area contributed by atoms with Crippen LogP contribution in [0, 0.1) is 17.3 Å². The van der Waals surface area contributed by atoms with Gasteiger partial charge in [-0.1, -0.05) is 63.2 Å². The summed E-state index contributed by atoms with van der Waals surface area (Å²) in [5.74, 6) is -5.36. The van der Waals surface area contributed by atoms with E-state index in [0.29, 0.717) is 110 Å². The van der Waals surface area contributed by atoms with Gasteiger partial charge in [0.25, 0.3) is 0 Å². The Hall–Kier alpha value is -7.82. The number of Topliss-reactive ketones (excluding diaryl/α,β-unsaturated/α-hetero) is 1. The van der Waals surface area contributed by atoms with E-state index in [1.165, 1.54) is 6.92 Å². The fourth-order valence-corrected chi connectivity index (χ4v) is 13.6. The Labute approximate surface area is 660 Å². The SMILES string of the molecule is CC(=O)[C@H](CCCCNC(=O)C(Cc1ccc2ccccc2c1)NC(=O)C1CCC(CNC(=O)[C@H](CCCCNC(=O)CN2CCN(CC(C)(C)C)C(C)CN(CC(=O)OC(C)(C)C)CCN(CC(=O)OC(C)(C)C)CC2C)NC(=O)CCCCC(=O)O)CC1)NC(=O)N[C@@H](CCC(=O)OC(C)(C)C)C(=O)OC(C)(C)C. The van der Waals surface area contributed by atoms with Gasteiger partial charge in [-0.05, 0) is 215 Å². The molecule has 2 aromatic carbocycles. The smallest absolute Gasteiger partial charge is 0.329 e. The Kier molecular flexibility index (Phi) is 39.4. The number of nitrogens with zero attached hydrogens (tertiary/aromatic N) is 4. The average Bonchev–Trinajstić information content (AvgIpc) is 0.837. The largest absolute Gasteiger partial charge is 0.481 e. The molecule has 626 valence electrons. The van der Waals surface area contributed by atoms with Gasteiger partial charge in [0.05, 0.1) is 25.7 Å². The van der Waals surface area contributed by atoms with Crippen LogP contribution >= 0.6 is 0 Å². The molecule has 1 heterocycles. The predicted octanol–water partition coefficient (Wildman–Crippen LogP) is 8.31. The maximum absolute atomic E-state index is 14.2. The number of rotatable bonds is 38. The van der Waals surface area contributed by atoms with Crippen LogP contribution in [0.2, 0.25) is 0 Å². The summed E-state index contributed by atoms with van der Waals surface area (Å²) in [6, 6.07) is 8.72. The highest BCUT2D eigenvalue weighted by Gasteiger charge is 2.35. The van der Waals surface area contributed by atoms with E-state index in [1.54, 1.807) is 41.5 Å². The zero-order valence-electron chi connectivity index (χ0n) is 70.1. The fraction of sp³-hybridized carbons (Fsp3) is 0.735. The van der Waals surface area contributed by atoms with Crippen molar-refractivity contribution in [1.82, 2.24) is 56.8 Å². The van der Waals surface area contributed by atoms with Gasteiger partial charge in [0.2, 0.25) is 29.5 Å². The van der Waals surface area contributed by atoms with E-state index in [0.717, 1.165) is 22.9 Å². The molecule has 1 aliphatic carbocycles. The van der Waals surface area contributed by atoms with Gasteiger partial charge in [0, 0.05) is 109 Å². The number of carboxylic acid groups (broad SMARTS) is 1. The molecule has 0 aromatic heterocycles. The lowest BCUT2D eigenvalue weighted by atomic mass is 9.81. The molecule has 8 N–H and O–H groups in total. The van der Waals surface area contributed by atoms with Gasteiger partial charge in [0.1, 0.15) is 40.5 Å². The molecule has 1 saturated heterocycles. The fourth-order valence-electron chi connectivity index (χ4n) is 13.6. The molecule has 0 radical (unpaired) electrons. The molecule has 0 bridgehead atoms. The van der Waals surface area contributed by atoms with Gasteiger partial charge in [0.15, 0.2) is 5.78 Å². The number of ketones is 1. The molecule has 4 rings (SSSR count). The first kappa shape index (κ1) is 95.6. The van der Waals surface area contributed by atoms with E-state index in [1.807, 2.05) is 95.8 Å². The second-order valence-corrected chi connectivity index (χ2v) is 35.6. The number of fused-ring (bicyclic) bond motifs is 1. The molecule has 2 aliphatic rings. The van der Waals surface area contributed by atoms with Crippen LogP contribution in [0.3, 0.4) is 0 Å². The summed E-state index contributed by atoms with van der Waals surface area (Å²) >= 11 is 0. The Morgan fingerprint density at radius 3 is 1.56 bits per heavy atom. The van der Waals surface area contributed by atoms with E-state index in [-0.39, 0.29) is 142 Å². The van der Waals surface area contributed by atoms with Gasteiger partial charge < -0.3 is 61.3 Å². The van der Waals surface area contributed by atoms with Crippen molar-refractivity contribution >= 4 is 82.0 Å². The Balaban J connectivity index is 1.38. The summed E-state index contributed by atoms with van der Waals surface area (Å²) in [5.41, 5.74) is -2.23. The van der Waals surface area contributed by atoms with Crippen LogP contribution < -0.4 is 37.2 Å². The first-order valence-electron chi connectivity index (χ1n) is 40.2. The molecule has 2 fully saturated rings. The van der Waals surface area contributed by atoms with Crippen molar-refractivity contribution in [2.45, 2.75) is 292 Å². The molecule has 28 heteroatoms. The quantitative estimate of drug-likeness (QED) is 0.0178. The second kappa shape index (κ2) is 45.8. The number of carbonyl (C=O) groups excluding carboxylic acids is 11. The van der Waals surface area contributed by atoms with E-state index in [4.69, 9.17) is 18.9 Å². The molecule has 7 amide bonds. The highest BCUT2D eigenvalue weighted by Crippen LogP contribution is 2.30. The standard InChI is InChI=1S/C83H137N11O17/c1-56-50-91(53-72(101)109-81(10,11)12)43-44-92(54-73(102)110-82(13,14)15)51-57(2)94(55-79(4,5)6)46-45-93(56)52-69(97)84-41-25-24-30-65(87-68(96)31-21-22-32-70(98)99)75(104)86-49-59-33-37-62(38-34-59)74(103)88-67(48-60-35-36-61-27-19-20-28-63(61)47-60)76(105)85-42-26-23-29-64(58(3)95)89-78(107)90-66(77(106)111-83(16,17)18)39-40-71(100)108-80(7,8)9/h19-20,27-28,35-36,47,56-57,59,62,64-67H,21-26,29-34,37-46,48-55H2,1-18H3,(H,84,97)(H,85,105)(H,86,104)(H,87,96)(H,88,103)(H,98,99)(H2,89,90,107)/t56?,57?,59?,62?,64-,65-,66-,67?/m0/s1. The van der Waals surface area contributed by atoms with Gasteiger partial charge >= 0.3 is 35.9 Å². The van der Waals surface area contributed by atoms with E-state index < -0.39 is 82.3 Å². The van der Waals surface area contributed by atoms with E-state index in [9.17, 15) is 62.6 Å². The summed E-state index contributed by atoms with van der Waals surface area (Å²) in [5, 5.41) is 31.5. The van der Waals surface area contributed by atoms with Crippen molar-refractivity contribution in [3.63, 3.8) is 0 Å². The number of benzene rings is 2. The van der Waals surface area contributed by atoms with E-state index in [2.05, 4.69) is 79.6 Å². The number of hydrogen-bond donors (Lipinski definition) is 8. The number of urea groups is 1. The summed E-state index contributed by atoms with van der Waals surface area (Å²) in [6.45, 7) is 38.1. The number of aliphatic carboxylic acids is 1. The number of carbonyl (C=O) groups is 12. The molecule has 28 nitrogen and oxygen atoms in total. The lowest BCUT2D eigenvalue weighted by Crippen LogP contribution is -2.55. The summed E-state index contributed by atoms with van der Waals surface area (Å²) < 4.78 is 22.4. The van der Waals surface area contributed by atoms with Crippen LogP contribution in [-0.4, -0.2) is 240 Å². The highest BCUT2D eigenvalue weighted by molar-refractivity contribution is 5.91. The minimum absolute atomic E-state index is 0.00711. The van der Waals surface area contributed by atoms with Crippen molar-refractivity contribution in [3.8, 4) is 0 Å². The molecular weight excluding hydrogens is 1420 g/mol. The zero-order chi connectivity index (χ0) is 83.0. The van der Waals surface area contributed by atoms with Crippen molar-refractivity contribution < 1.29 is 81.6 Å². The molecule has 2 aromatic rings. The summed E-state index contributed by atoms with van der Waals surface area (Å²) in [6.07, 6.45) is 4.90. The minimum Gasteiger partial charge on any atom is -0.481 e. The molecule has 6 atom stereocenters. The third kappa shape index (κ3) is 41.0. The van der Waals surface area contributed by atoms with Crippen molar-refractivity contribution in [2.75, 3.05) is 85.1 Å². The van der Waals surface area contributed by atoms with Crippen LogP contribution in [0.5, 0.6) is 0 Å². The molecule has 1 saturated carbocycles. The first-order chi connectivity index (χ1) is 51.7. The first-order valence-corrected chi connectivity index (χ1v) is 40.2. The molecular formula is C83H137N11O17. The van der Waals surface area contributed by atoms with Gasteiger partial charge in [-0.15, -0.1) is 0 Å². The predicted molar refractivity (Wildman–Crippen MR) is 427 cm³/mol. The Bertz CT molecular complexity index is 3360. The number of unbranched alkanes of at least 4 members (excludes halogenated alkanes) is 3. The van der Waals surface area contributed by atoms with Crippen molar-refractivity contribution in [1.29, 1.82) is 0 Å². The number of esters is 4. The average molecular weight is 1560 g/mol. The maximum atomic E-state index is 14.2. The normalized spacial score (nSPS) is 18.7. The number of carboxylic acids is 1. The lowest BCUT2D eigenvalue weighted by molar-refractivity contribution is -0.159. The minimum atomic E-state index is -1.22. The van der Waals surface area contributed by atoms with Crippen LogP contribution in [-0.2, 0) is 78.1 Å². The summed E-state index contributed by atoms with van der Waals surface area (Å²) in [4.78, 5) is 168. The van der Waals surface area contributed by atoms with Crippen molar-refractivity contribution in [2.24, 2.45) is 17.3 Å². The Morgan fingerprint density at radius 2 is 1.00 bits per heavy atom.